The van der Waals surface area contributed by atoms with Crippen molar-refractivity contribution in [1.29, 1.82) is 0 Å². The number of imidazole rings is 1. The third kappa shape index (κ3) is 6.07. The highest BCUT2D eigenvalue weighted by molar-refractivity contribution is 6.30. The minimum absolute atomic E-state index is 0.0168. The summed E-state index contributed by atoms with van der Waals surface area (Å²) in [7, 11) is 0. The van der Waals surface area contributed by atoms with Crippen molar-refractivity contribution >= 4 is 17.5 Å². The number of unbranched alkanes of at least 4 members (excludes halogenated alkanes) is 1. The Kier molecular flexibility index (Phi) is 6.87. The zero-order valence-corrected chi connectivity index (χ0v) is 12.6. The Balaban J connectivity index is 2.36. The highest BCUT2D eigenvalue weighted by atomic mass is 35.5. The average molecular weight is 287 g/mol. The van der Waals surface area contributed by atoms with Crippen LogP contribution in [-0.4, -0.2) is 28.5 Å². The summed E-state index contributed by atoms with van der Waals surface area (Å²) in [6.45, 7) is 6.80. The Morgan fingerprint density at radius 3 is 2.84 bits per heavy atom. The molecule has 1 aromatic rings. The van der Waals surface area contributed by atoms with Gasteiger partial charge >= 0.3 is 0 Å². The number of nitrogens with one attached hydrogen (secondary N) is 3. The lowest BCUT2D eigenvalue weighted by molar-refractivity contribution is -0.120. The average Bonchev–Trinajstić information content (AvgIpc) is 2.66. The number of aromatic amines is 1. The van der Waals surface area contributed by atoms with Crippen molar-refractivity contribution in [2.45, 2.75) is 52.6 Å². The van der Waals surface area contributed by atoms with E-state index >= 15 is 0 Å². The van der Waals surface area contributed by atoms with E-state index in [-0.39, 0.29) is 18.5 Å². The molecule has 3 N–H and O–H groups in total. The molecule has 5 nitrogen and oxygen atoms in total. The van der Waals surface area contributed by atoms with Crippen LogP contribution in [0, 0.1) is 0 Å². The van der Waals surface area contributed by atoms with E-state index in [1.54, 1.807) is 0 Å². The van der Waals surface area contributed by atoms with Gasteiger partial charge in [-0.1, -0.05) is 24.9 Å². The standard InChI is InChI=1S/C13H23ClN4O/c1-4-5-6-11-17-10(13(14)18-11)7-15-8-12(19)16-9(2)3/h9,15H,4-8H2,1-3H3,(H,16,19)(H,17,18). The van der Waals surface area contributed by atoms with E-state index in [4.69, 9.17) is 11.6 Å². The number of carbonyl (C=O) groups excluding carboxylic acids is 1. The number of amides is 1. The maximum atomic E-state index is 11.4. The second kappa shape index (κ2) is 8.17. The number of hydrogen-bond acceptors (Lipinski definition) is 3. The van der Waals surface area contributed by atoms with Gasteiger partial charge in [0, 0.05) is 19.0 Å². The SMILES string of the molecule is CCCCc1nc(Cl)c(CNCC(=O)NC(C)C)[nH]1. The predicted octanol–water partition coefficient (Wildman–Crippen LogP) is 2.02. The van der Waals surface area contributed by atoms with Crippen molar-refractivity contribution in [2.75, 3.05) is 6.54 Å². The van der Waals surface area contributed by atoms with Crippen LogP contribution in [0.3, 0.4) is 0 Å². The zero-order chi connectivity index (χ0) is 14.3. The third-order valence-corrected chi connectivity index (χ3v) is 2.89. The first-order valence-corrected chi connectivity index (χ1v) is 7.14. The van der Waals surface area contributed by atoms with Crippen LogP contribution >= 0.6 is 11.6 Å². The summed E-state index contributed by atoms with van der Waals surface area (Å²) in [4.78, 5) is 18.9. The summed E-state index contributed by atoms with van der Waals surface area (Å²) < 4.78 is 0. The van der Waals surface area contributed by atoms with Crippen molar-refractivity contribution in [3.05, 3.63) is 16.7 Å². The van der Waals surface area contributed by atoms with E-state index in [0.717, 1.165) is 30.8 Å². The molecular formula is C13H23ClN4O. The van der Waals surface area contributed by atoms with Gasteiger partial charge < -0.3 is 15.6 Å². The molecule has 0 fully saturated rings. The first-order valence-electron chi connectivity index (χ1n) is 6.76. The molecule has 108 valence electrons. The minimum Gasteiger partial charge on any atom is -0.353 e. The van der Waals surface area contributed by atoms with E-state index in [1.807, 2.05) is 13.8 Å². The Morgan fingerprint density at radius 2 is 2.21 bits per heavy atom. The number of aromatic nitrogens is 2. The van der Waals surface area contributed by atoms with E-state index in [9.17, 15) is 4.79 Å². The predicted molar refractivity (Wildman–Crippen MR) is 77.2 cm³/mol. The van der Waals surface area contributed by atoms with Gasteiger partial charge in [0.15, 0.2) is 5.15 Å². The Morgan fingerprint density at radius 1 is 1.47 bits per heavy atom. The normalized spacial score (nSPS) is 11.0. The molecular weight excluding hydrogens is 264 g/mol. The van der Waals surface area contributed by atoms with Gasteiger partial charge in [-0.3, -0.25) is 4.79 Å². The van der Waals surface area contributed by atoms with Crippen LogP contribution in [0.25, 0.3) is 0 Å². The van der Waals surface area contributed by atoms with Crippen LogP contribution in [0.5, 0.6) is 0 Å². The summed E-state index contributed by atoms with van der Waals surface area (Å²) in [5.41, 5.74) is 0.838. The Hall–Kier alpha value is -1.07. The first kappa shape index (κ1) is 16.0. The fourth-order valence-electron chi connectivity index (χ4n) is 1.69. The van der Waals surface area contributed by atoms with Gasteiger partial charge in [-0.2, -0.15) is 0 Å². The fourth-order valence-corrected chi connectivity index (χ4v) is 1.91. The van der Waals surface area contributed by atoms with Gasteiger partial charge in [0.1, 0.15) is 5.82 Å². The van der Waals surface area contributed by atoms with Crippen molar-refractivity contribution in [1.82, 2.24) is 20.6 Å². The molecule has 0 atom stereocenters. The van der Waals surface area contributed by atoms with Crippen LogP contribution in [0.15, 0.2) is 0 Å². The van der Waals surface area contributed by atoms with Crippen LogP contribution in [0.2, 0.25) is 5.15 Å². The number of nitrogens with zero attached hydrogens (tertiary/aromatic N) is 1. The first-order chi connectivity index (χ1) is 9.02. The molecule has 1 rings (SSSR count). The lowest BCUT2D eigenvalue weighted by atomic mass is 10.2. The number of H-pyrrole nitrogens is 1. The monoisotopic (exact) mass is 286 g/mol. The van der Waals surface area contributed by atoms with Gasteiger partial charge in [0.25, 0.3) is 0 Å². The Labute approximate surface area is 119 Å². The molecule has 0 saturated carbocycles. The molecule has 0 bridgehead atoms. The number of aryl methyl sites for hydroxylation is 1. The van der Waals surface area contributed by atoms with Crippen LogP contribution < -0.4 is 10.6 Å². The Bertz CT molecular complexity index is 403. The van der Waals surface area contributed by atoms with Crippen LogP contribution in [0.1, 0.15) is 45.1 Å². The van der Waals surface area contributed by atoms with Gasteiger partial charge in [0.05, 0.1) is 12.2 Å². The third-order valence-electron chi connectivity index (χ3n) is 2.58. The van der Waals surface area contributed by atoms with Gasteiger partial charge in [-0.15, -0.1) is 0 Å². The van der Waals surface area contributed by atoms with Crippen molar-refractivity contribution in [3.8, 4) is 0 Å². The van der Waals surface area contributed by atoms with Gasteiger partial charge in [-0.05, 0) is 20.3 Å². The highest BCUT2D eigenvalue weighted by Crippen LogP contribution is 2.13. The molecule has 1 aromatic heterocycles. The quantitative estimate of drug-likeness (QED) is 0.685. The minimum atomic E-state index is -0.0168. The summed E-state index contributed by atoms with van der Waals surface area (Å²) in [6.07, 6.45) is 3.12. The molecule has 1 amide bonds. The molecule has 0 aliphatic heterocycles. The molecule has 0 aliphatic carbocycles. The molecule has 6 heteroatoms. The summed E-state index contributed by atoms with van der Waals surface area (Å²) in [5.74, 6) is 0.895. The lowest BCUT2D eigenvalue weighted by Crippen LogP contribution is -2.37. The van der Waals surface area contributed by atoms with E-state index in [1.165, 1.54) is 0 Å². The van der Waals surface area contributed by atoms with Crippen LogP contribution in [-0.2, 0) is 17.8 Å². The van der Waals surface area contributed by atoms with Crippen molar-refractivity contribution in [3.63, 3.8) is 0 Å². The van der Waals surface area contributed by atoms with Gasteiger partial charge in [0.2, 0.25) is 5.91 Å². The topological polar surface area (TPSA) is 69.8 Å². The number of halogens is 1. The van der Waals surface area contributed by atoms with E-state index in [0.29, 0.717) is 11.7 Å². The van der Waals surface area contributed by atoms with Crippen molar-refractivity contribution < 1.29 is 4.79 Å². The molecule has 0 aromatic carbocycles. The summed E-state index contributed by atoms with van der Waals surface area (Å²) in [5, 5.41) is 6.35. The molecule has 0 unspecified atom stereocenters. The fraction of sp³-hybridized carbons (Fsp3) is 0.692. The van der Waals surface area contributed by atoms with Crippen molar-refractivity contribution in [2.24, 2.45) is 0 Å². The molecule has 0 aliphatic rings. The van der Waals surface area contributed by atoms with E-state index < -0.39 is 0 Å². The van der Waals surface area contributed by atoms with Gasteiger partial charge in [-0.25, -0.2) is 4.98 Å². The smallest absolute Gasteiger partial charge is 0.234 e. The molecule has 0 saturated heterocycles. The second-order valence-corrected chi connectivity index (χ2v) is 5.24. The summed E-state index contributed by atoms with van der Waals surface area (Å²) in [6, 6.07) is 0.158. The number of rotatable bonds is 8. The highest BCUT2D eigenvalue weighted by Gasteiger charge is 2.08. The second-order valence-electron chi connectivity index (χ2n) is 4.88. The number of hydrogen-bond donors (Lipinski definition) is 3. The maximum Gasteiger partial charge on any atom is 0.234 e. The molecule has 0 radical (unpaired) electrons. The molecule has 19 heavy (non-hydrogen) atoms. The molecule has 0 spiro atoms. The largest absolute Gasteiger partial charge is 0.353 e. The van der Waals surface area contributed by atoms with E-state index in [2.05, 4.69) is 27.5 Å². The molecule has 1 heterocycles. The lowest BCUT2D eigenvalue weighted by Gasteiger charge is -2.08. The number of carbonyl (C=O) groups is 1. The zero-order valence-electron chi connectivity index (χ0n) is 11.8. The maximum absolute atomic E-state index is 11.4. The van der Waals surface area contributed by atoms with Crippen LogP contribution in [0.4, 0.5) is 0 Å². The summed E-state index contributed by atoms with van der Waals surface area (Å²) >= 11 is 6.04.